The Bertz CT molecular complexity index is 390. The van der Waals surface area contributed by atoms with Crippen LogP contribution in [-0.4, -0.2) is 28.3 Å². The van der Waals surface area contributed by atoms with E-state index < -0.39 is 0 Å². The van der Waals surface area contributed by atoms with E-state index in [0.717, 1.165) is 6.54 Å². The van der Waals surface area contributed by atoms with Crippen LogP contribution in [0.15, 0.2) is 17.4 Å². The van der Waals surface area contributed by atoms with Crippen LogP contribution < -0.4 is 11.1 Å². The molecule has 0 amide bonds. The number of hydrogen-bond donors (Lipinski definition) is 2. The number of aromatic nitrogens is 2. The smallest absolute Gasteiger partial charge is 0.188 e. The molecule has 2 rings (SSSR count). The predicted octanol–water partition coefficient (Wildman–Crippen LogP) is 1.43. The van der Waals surface area contributed by atoms with E-state index in [0.29, 0.717) is 18.5 Å². The minimum Gasteiger partial charge on any atom is -0.370 e. The maximum atomic E-state index is 5.88. The fourth-order valence-electron chi connectivity index (χ4n) is 2.36. The highest BCUT2D eigenvalue weighted by molar-refractivity contribution is 5.78. The van der Waals surface area contributed by atoms with E-state index in [1.54, 1.807) is 0 Å². The minimum atomic E-state index is 0.523. The van der Waals surface area contributed by atoms with Crippen LogP contribution in [0, 0.1) is 6.92 Å². The Morgan fingerprint density at radius 1 is 1.50 bits per heavy atom. The van der Waals surface area contributed by atoms with Gasteiger partial charge in [-0.05, 0) is 25.3 Å². The average molecular weight is 249 g/mol. The molecule has 0 atom stereocenters. The van der Waals surface area contributed by atoms with E-state index in [4.69, 9.17) is 5.73 Å². The number of aryl methyl sites for hydroxylation is 1. The number of rotatable bonds is 4. The highest BCUT2D eigenvalue weighted by Crippen LogP contribution is 2.16. The zero-order valence-corrected chi connectivity index (χ0v) is 11.1. The Kier molecular flexibility index (Phi) is 4.61. The van der Waals surface area contributed by atoms with Crippen molar-refractivity contribution in [2.24, 2.45) is 10.7 Å². The van der Waals surface area contributed by atoms with Crippen LogP contribution in [0.5, 0.6) is 0 Å². The van der Waals surface area contributed by atoms with Gasteiger partial charge < -0.3 is 11.1 Å². The van der Waals surface area contributed by atoms with E-state index in [2.05, 4.69) is 15.4 Å². The van der Waals surface area contributed by atoms with Gasteiger partial charge in [0.1, 0.15) is 0 Å². The summed E-state index contributed by atoms with van der Waals surface area (Å²) in [5.41, 5.74) is 7.06. The van der Waals surface area contributed by atoms with Crippen LogP contribution in [0.4, 0.5) is 0 Å². The van der Waals surface area contributed by atoms with Crippen molar-refractivity contribution in [3.05, 3.63) is 18.0 Å². The third-order valence-electron chi connectivity index (χ3n) is 3.33. The molecule has 1 aromatic rings. The van der Waals surface area contributed by atoms with E-state index in [-0.39, 0.29) is 0 Å². The number of nitrogens with zero attached hydrogens (tertiary/aromatic N) is 3. The van der Waals surface area contributed by atoms with Crippen molar-refractivity contribution in [1.82, 2.24) is 15.1 Å². The number of hydrogen-bond acceptors (Lipinski definition) is 2. The molecule has 1 aromatic heterocycles. The molecule has 3 N–H and O–H groups in total. The zero-order valence-electron chi connectivity index (χ0n) is 11.1. The molecule has 5 nitrogen and oxygen atoms in total. The van der Waals surface area contributed by atoms with Crippen molar-refractivity contribution in [1.29, 1.82) is 0 Å². The molecule has 0 aliphatic heterocycles. The van der Waals surface area contributed by atoms with Crippen LogP contribution >= 0.6 is 0 Å². The van der Waals surface area contributed by atoms with Crippen LogP contribution in [0.2, 0.25) is 0 Å². The topological polar surface area (TPSA) is 68.2 Å². The molecule has 1 fully saturated rings. The summed E-state index contributed by atoms with van der Waals surface area (Å²) in [7, 11) is 0. The van der Waals surface area contributed by atoms with Gasteiger partial charge in [-0.1, -0.05) is 19.3 Å². The first-order chi connectivity index (χ1) is 8.74. The molecule has 1 saturated carbocycles. The second-order valence-corrected chi connectivity index (χ2v) is 5.03. The minimum absolute atomic E-state index is 0.523. The molecule has 100 valence electrons. The van der Waals surface area contributed by atoms with Crippen LogP contribution in [-0.2, 0) is 6.54 Å². The van der Waals surface area contributed by atoms with Gasteiger partial charge in [0.2, 0.25) is 0 Å². The summed E-state index contributed by atoms with van der Waals surface area (Å²) in [6.07, 6.45) is 10.3. The normalized spacial score (nSPS) is 17.9. The number of nitrogens with two attached hydrogens (primary N) is 1. The van der Waals surface area contributed by atoms with Gasteiger partial charge in [0.05, 0.1) is 19.3 Å². The predicted molar refractivity (Wildman–Crippen MR) is 73.5 cm³/mol. The van der Waals surface area contributed by atoms with E-state index in [1.165, 1.54) is 37.7 Å². The first-order valence-electron chi connectivity index (χ1n) is 6.79. The standard InChI is InChI=1S/C13H23N5/c1-11-9-16-18(10-11)8-7-15-13(14)17-12-5-3-2-4-6-12/h9-10,12H,2-8H2,1H3,(H3,14,15,17). The number of nitrogens with one attached hydrogen (secondary N) is 1. The maximum absolute atomic E-state index is 5.88. The molecule has 1 aliphatic rings. The lowest BCUT2D eigenvalue weighted by molar-refractivity contribution is 0.412. The highest BCUT2D eigenvalue weighted by atomic mass is 15.3. The Balaban J connectivity index is 1.71. The van der Waals surface area contributed by atoms with Crippen LogP contribution in [0.25, 0.3) is 0 Å². The Labute approximate surface area is 108 Å². The first kappa shape index (κ1) is 12.9. The highest BCUT2D eigenvalue weighted by Gasteiger charge is 2.12. The molecule has 0 radical (unpaired) electrons. The summed E-state index contributed by atoms with van der Waals surface area (Å²) >= 11 is 0. The maximum Gasteiger partial charge on any atom is 0.188 e. The molecule has 0 unspecified atom stereocenters. The van der Waals surface area contributed by atoms with Gasteiger partial charge >= 0.3 is 0 Å². The lowest BCUT2D eigenvalue weighted by Gasteiger charge is -2.23. The molecular formula is C13H23N5. The van der Waals surface area contributed by atoms with Gasteiger partial charge in [0.15, 0.2) is 5.96 Å². The van der Waals surface area contributed by atoms with E-state index >= 15 is 0 Å². The summed E-state index contributed by atoms with van der Waals surface area (Å²) in [5, 5.41) is 7.52. The third kappa shape index (κ3) is 4.05. The zero-order chi connectivity index (χ0) is 12.8. The largest absolute Gasteiger partial charge is 0.370 e. The van der Waals surface area contributed by atoms with E-state index in [9.17, 15) is 0 Å². The molecule has 1 heterocycles. The summed E-state index contributed by atoms with van der Waals surface area (Å²) in [6, 6.07) is 0.523. The van der Waals surface area contributed by atoms with Gasteiger partial charge in [-0.3, -0.25) is 9.67 Å². The number of aliphatic imine (C=N–C) groups is 1. The monoisotopic (exact) mass is 249 g/mol. The third-order valence-corrected chi connectivity index (χ3v) is 3.33. The lowest BCUT2D eigenvalue weighted by Crippen LogP contribution is -2.41. The van der Waals surface area contributed by atoms with Gasteiger partial charge in [0, 0.05) is 12.2 Å². The fraction of sp³-hybridized carbons (Fsp3) is 0.692. The molecule has 18 heavy (non-hydrogen) atoms. The Morgan fingerprint density at radius 3 is 2.94 bits per heavy atom. The summed E-state index contributed by atoms with van der Waals surface area (Å²) in [5.74, 6) is 0.575. The molecule has 5 heteroatoms. The SMILES string of the molecule is Cc1cnn(CCN=C(N)NC2CCCCC2)c1. The van der Waals surface area contributed by atoms with Crippen LogP contribution in [0.3, 0.4) is 0 Å². The molecule has 0 bridgehead atoms. The molecular weight excluding hydrogens is 226 g/mol. The molecule has 0 aromatic carbocycles. The molecule has 0 spiro atoms. The lowest BCUT2D eigenvalue weighted by atomic mass is 9.96. The van der Waals surface area contributed by atoms with Crippen molar-refractivity contribution in [3.8, 4) is 0 Å². The quantitative estimate of drug-likeness (QED) is 0.626. The first-order valence-corrected chi connectivity index (χ1v) is 6.79. The van der Waals surface area contributed by atoms with Crippen molar-refractivity contribution in [2.75, 3.05) is 6.54 Å². The summed E-state index contributed by atoms with van der Waals surface area (Å²) < 4.78 is 1.90. The average Bonchev–Trinajstić information content (AvgIpc) is 2.76. The summed E-state index contributed by atoms with van der Waals surface area (Å²) in [6.45, 7) is 3.49. The fourth-order valence-corrected chi connectivity index (χ4v) is 2.36. The van der Waals surface area contributed by atoms with Crippen LogP contribution in [0.1, 0.15) is 37.7 Å². The van der Waals surface area contributed by atoms with Gasteiger partial charge in [-0.25, -0.2) is 0 Å². The van der Waals surface area contributed by atoms with Crippen molar-refractivity contribution < 1.29 is 0 Å². The second kappa shape index (κ2) is 6.42. The molecule has 1 aliphatic carbocycles. The Morgan fingerprint density at radius 2 is 2.28 bits per heavy atom. The van der Waals surface area contributed by atoms with Crippen molar-refractivity contribution in [3.63, 3.8) is 0 Å². The second-order valence-electron chi connectivity index (χ2n) is 5.03. The molecule has 0 saturated heterocycles. The van der Waals surface area contributed by atoms with Crippen molar-refractivity contribution >= 4 is 5.96 Å². The van der Waals surface area contributed by atoms with Gasteiger partial charge in [-0.15, -0.1) is 0 Å². The van der Waals surface area contributed by atoms with Gasteiger partial charge in [-0.2, -0.15) is 5.10 Å². The van der Waals surface area contributed by atoms with Gasteiger partial charge in [0.25, 0.3) is 0 Å². The number of guanidine groups is 1. The van der Waals surface area contributed by atoms with E-state index in [1.807, 2.05) is 24.0 Å². The Hall–Kier alpha value is -1.52. The van der Waals surface area contributed by atoms with Crippen molar-refractivity contribution in [2.45, 2.75) is 51.6 Å². The summed E-state index contributed by atoms with van der Waals surface area (Å²) in [4.78, 5) is 4.35.